The zero-order valence-electron chi connectivity index (χ0n) is 11.2. The lowest BCUT2D eigenvalue weighted by molar-refractivity contribution is 0.0930. The molecule has 4 nitrogen and oxygen atoms in total. The fourth-order valence-electron chi connectivity index (χ4n) is 2.67. The number of carbonyl (C=O) groups is 1. The first-order valence-electron chi connectivity index (χ1n) is 6.49. The van der Waals surface area contributed by atoms with Gasteiger partial charge in [0.1, 0.15) is 6.61 Å². The molecule has 0 radical (unpaired) electrons. The number of aliphatic hydroxyl groups excluding tert-OH is 1. The maximum atomic E-state index is 11.5. The molecule has 2 unspecified atom stereocenters. The van der Waals surface area contributed by atoms with E-state index >= 15 is 0 Å². The van der Waals surface area contributed by atoms with Gasteiger partial charge in [0.15, 0.2) is 0 Å². The van der Waals surface area contributed by atoms with Crippen molar-refractivity contribution >= 4 is 6.09 Å². The van der Waals surface area contributed by atoms with Crippen LogP contribution >= 0.6 is 0 Å². The van der Waals surface area contributed by atoms with Crippen LogP contribution in [-0.4, -0.2) is 30.5 Å². The van der Waals surface area contributed by atoms with Crippen LogP contribution in [0.15, 0.2) is 0 Å². The summed E-state index contributed by atoms with van der Waals surface area (Å²) in [5, 5.41) is 11.5. The average Bonchev–Trinajstić information content (AvgIpc) is 2.25. The molecule has 1 amide bonds. The van der Waals surface area contributed by atoms with E-state index in [2.05, 4.69) is 26.1 Å². The number of carbonyl (C=O) groups excluding carboxylic acids is 1. The molecule has 17 heavy (non-hydrogen) atoms. The van der Waals surface area contributed by atoms with Crippen molar-refractivity contribution in [3.8, 4) is 0 Å². The van der Waals surface area contributed by atoms with Crippen molar-refractivity contribution in [1.82, 2.24) is 5.32 Å². The van der Waals surface area contributed by atoms with E-state index in [4.69, 9.17) is 9.84 Å². The van der Waals surface area contributed by atoms with Gasteiger partial charge in [0, 0.05) is 6.04 Å². The van der Waals surface area contributed by atoms with Gasteiger partial charge >= 0.3 is 6.09 Å². The zero-order valence-corrected chi connectivity index (χ0v) is 11.2. The Labute approximate surface area is 104 Å². The van der Waals surface area contributed by atoms with E-state index in [0.717, 1.165) is 19.3 Å². The number of alkyl carbamates (subject to hydrolysis) is 1. The summed E-state index contributed by atoms with van der Waals surface area (Å²) in [6.45, 7) is 6.60. The normalized spacial score (nSPS) is 25.4. The first-order chi connectivity index (χ1) is 7.95. The topological polar surface area (TPSA) is 58.6 Å². The highest BCUT2D eigenvalue weighted by Crippen LogP contribution is 2.37. The van der Waals surface area contributed by atoms with Crippen LogP contribution in [-0.2, 0) is 4.74 Å². The van der Waals surface area contributed by atoms with E-state index < -0.39 is 6.09 Å². The predicted octanol–water partition coefficient (Wildman–Crippen LogP) is 2.31. The second kappa shape index (κ2) is 6.24. The Bertz CT molecular complexity index is 248. The Morgan fingerprint density at radius 1 is 1.35 bits per heavy atom. The molecule has 2 atom stereocenters. The third-order valence-corrected chi connectivity index (χ3v) is 3.51. The van der Waals surface area contributed by atoms with Crippen molar-refractivity contribution in [2.45, 2.75) is 52.5 Å². The highest BCUT2D eigenvalue weighted by atomic mass is 16.6. The summed E-state index contributed by atoms with van der Waals surface area (Å²) in [6, 6.07) is 0.204. The lowest BCUT2D eigenvalue weighted by Gasteiger charge is -2.40. The van der Waals surface area contributed by atoms with Gasteiger partial charge in [-0.3, -0.25) is 0 Å². The average molecular weight is 243 g/mol. The van der Waals surface area contributed by atoms with Crippen LogP contribution < -0.4 is 5.32 Å². The summed E-state index contributed by atoms with van der Waals surface area (Å²) in [6.07, 6.45) is 4.19. The third-order valence-electron chi connectivity index (χ3n) is 3.51. The maximum Gasteiger partial charge on any atom is 0.407 e. The fraction of sp³-hybridized carbons (Fsp3) is 0.923. The highest BCUT2D eigenvalue weighted by molar-refractivity contribution is 5.67. The van der Waals surface area contributed by atoms with Crippen LogP contribution in [0.25, 0.3) is 0 Å². The fourth-order valence-corrected chi connectivity index (χ4v) is 2.67. The molecule has 0 heterocycles. The molecule has 100 valence electrons. The van der Waals surface area contributed by atoms with E-state index in [9.17, 15) is 4.79 Å². The molecule has 1 fully saturated rings. The van der Waals surface area contributed by atoms with Gasteiger partial charge in [-0.1, -0.05) is 33.6 Å². The molecular formula is C13H25NO3. The number of rotatable bonds is 3. The standard InChI is InChI=1S/C13H25NO3/c1-13(2,3)10-6-4-5-7-11(10)14-12(16)17-9-8-15/h10-11,15H,4-9H2,1-3H3,(H,14,16). The van der Waals surface area contributed by atoms with Crippen LogP contribution in [0.4, 0.5) is 4.79 Å². The van der Waals surface area contributed by atoms with Gasteiger partial charge in [-0.2, -0.15) is 0 Å². The summed E-state index contributed by atoms with van der Waals surface area (Å²) in [7, 11) is 0. The molecule has 0 aliphatic heterocycles. The van der Waals surface area contributed by atoms with Crippen molar-refractivity contribution in [2.24, 2.45) is 11.3 Å². The number of nitrogens with one attached hydrogen (secondary N) is 1. The highest BCUT2D eigenvalue weighted by Gasteiger charge is 2.35. The summed E-state index contributed by atoms with van der Waals surface area (Å²) in [5.74, 6) is 0.498. The van der Waals surface area contributed by atoms with Crippen LogP contribution in [0, 0.1) is 11.3 Å². The van der Waals surface area contributed by atoms with Crippen molar-refractivity contribution in [1.29, 1.82) is 0 Å². The first kappa shape index (κ1) is 14.3. The second-order valence-electron chi connectivity index (χ2n) is 5.87. The van der Waals surface area contributed by atoms with Gasteiger partial charge in [-0.25, -0.2) is 4.79 Å². The molecule has 0 aromatic rings. The van der Waals surface area contributed by atoms with Crippen molar-refractivity contribution < 1.29 is 14.6 Å². The van der Waals surface area contributed by atoms with E-state index in [-0.39, 0.29) is 24.7 Å². The van der Waals surface area contributed by atoms with Crippen molar-refractivity contribution in [3.05, 3.63) is 0 Å². The Hall–Kier alpha value is -0.770. The van der Waals surface area contributed by atoms with Gasteiger partial charge in [-0.15, -0.1) is 0 Å². The minimum Gasteiger partial charge on any atom is -0.447 e. The van der Waals surface area contributed by atoms with E-state index in [0.29, 0.717) is 5.92 Å². The molecule has 0 aromatic heterocycles. The molecule has 4 heteroatoms. The molecule has 1 rings (SSSR count). The van der Waals surface area contributed by atoms with E-state index in [1.807, 2.05) is 0 Å². The molecule has 0 saturated heterocycles. The predicted molar refractivity (Wildman–Crippen MR) is 66.8 cm³/mol. The summed E-state index contributed by atoms with van der Waals surface area (Å²) in [5.41, 5.74) is 0.204. The lowest BCUT2D eigenvalue weighted by atomic mass is 9.69. The minimum atomic E-state index is -0.403. The largest absolute Gasteiger partial charge is 0.447 e. The van der Waals surface area contributed by atoms with E-state index in [1.165, 1.54) is 6.42 Å². The Morgan fingerprint density at radius 2 is 2.00 bits per heavy atom. The van der Waals surface area contributed by atoms with Gasteiger partial charge in [0.25, 0.3) is 0 Å². The minimum absolute atomic E-state index is 0.0682. The summed E-state index contributed by atoms with van der Waals surface area (Å²) in [4.78, 5) is 11.5. The summed E-state index contributed by atoms with van der Waals surface area (Å²) >= 11 is 0. The number of hydrogen-bond acceptors (Lipinski definition) is 3. The number of hydrogen-bond donors (Lipinski definition) is 2. The Balaban J connectivity index is 2.51. The Morgan fingerprint density at radius 3 is 2.59 bits per heavy atom. The molecule has 0 aromatic carbocycles. The summed E-state index contributed by atoms with van der Waals surface area (Å²) < 4.78 is 4.85. The quantitative estimate of drug-likeness (QED) is 0.799. The van der Waals surface area contributed by atoms with Crippen LogP contribution in [0.5, 0.6) is 0 Å². The lowest BCUT2D eigenvalue weighted by Crippen LogP contribution is -2.47. The van der Waals surface area contributed by atoms with Gasteiger partial charge in [-0.05, 0) is 24.2 Å². The maximum absolute atomic E-state index is 11.5. The molecule has 1 aliphatic carbocycles. The zero-order chi connectivity index (χ0) is 12.9. The molecule has 1 aliphatic rings. The van der Waals surface area contributed by atoms with Gasteiger partial charge in [0.05, 0.1) is 6.61 Å². The van der Waals surface area contributed by atoms with Crippen molar-refractivity contribution in [3.63, 3.8) is 0 Å². The second-order valence-corrected chi connectivity index (χ2v) is 5.87. The number of ether oxygens (including phenoxy) is 1. The van der Waals surface area contributed by atoms with Gasteiger partial charge in [0.2, 0.25) is 0 Å². The van der Waals surface area contributed by atoms with Crippen LogP contribution in [0.2, 0.25) is 0 Å². The van der Waals surface area contributed by atoms with E-state index in [1.54, 1.807) is 0 Å². The SMILES string of the molecule is CC(C)(C)C1CCCCC1NC(=O)OCCO. The molecular weight excluding hydrogens is 218 g/mol. The van der Waals surface area contributed by atoms with Gasteiger partial charge < -0.3 is 15.2 Å². The molecule has 2 N–H and O–H groups in total. The molecule has 1 saturated carbocycles. The molecule has 0 bridgehead atoms. The first-order valence-corrected chi connectivity index (χ1v) is 6.49. The number of aliphatic hydroxyl groups is 1. The smallest absolute Gasteiger partial charge is 0.407 e. The Kier molecular flexibility index (Phi) is 5.25. The monoisotopic (exact) mass is 243 g/mol. The van der Waals surface area contributed by atoms with Crippen LogP contribution in [0.1, 0.15) is 46.5 Å². The molecule has 0 spiro atoms. The van der Waals surface area contributed by atoms with Crippen LogP contribution in [0.3, 0.4) is 0 Å². The van der Waals surface area contributed by atoms with Crippen molar-refractivity contribution in [2.75, 3.05) is 13.2 Å². The third kappa shape index (κ3) is 4.54. The number of amides is 1.